The van der Waals surface area contributed by atoms with E-state index in [-0.39, 0.29) is 0 Å². The minimum absolute atomic E-state index is 0.710. The molecule has 2 rings (SSSR count). The largest absolute Gasteiger partial charge is 0.330 e. The molecule has 0 aromatic carbocycles. The molecule has 0 spiro atoms. The Morgan fingerprint density at radius 2 is 2.50 bits per heavy atom. The van der Waals surface area contributed by atoms with E-state index in [0.717, 1.165) is 17.6 Å². The first-order valence-corrected chi connectivity index (χ1v) is 5.61. The molecule has 0 amide bonds. The minimum atomic E-state index is 0.710. The lowest BCUT2D eigenvalue weighted by atomic mass is 10.4. The van der Waals surface area contributed by atoms with Crippen molar-refractivity contribution in [3.05, 3.63) is 29.3 Å². The van der Waals surface area contributed by atoms with Crippen LogP contribution in [-0.2, 0) is 6.54 Å². The van der Waals surface area contributed by atoms with E-state index in [0.29, 0.717) is 6.04 Å². The maximum Gasteiger partial charge on any atom is 0.0951 e. The standard InChI is InChI=1S/C10H14BrN3/c1-8(11)4-12-5-10-6-13-7-14(10)9-2-3-9/h6-7,9,12H,1-5H2. The molecule has 0 saturated heterocycles. The van der Waals surface area contributed by atoms with Crippen molar-refractivity contribution >= 4 is 15.9 Å². The van der Waals surface area contributed by atoms with Gasteiger partial charge in [-0.3, -0.25) is 0 Å². The fourth-order valence-corrected chi connectivity index (χ4v) is 1.67. The molecule has 14 heavy (non-hydrogen) atoms. The average Bonchev–Trinajstić information content (AvgIpc) is 2.87. The van der Waals surface area contributed by atoms with Crippen LogP contribution in [0.2, 0.25) is 0 Å². The molecule has 0 atom stereocenters. The second kappa shape index (κ2) is 4.28. The van der Waals surface area contributed by atoms with E-state index in [1.165, 1.54) is 18.5 Å². The summed E-state index contributed by atoms with van der Waals surface area (Å²) in [5.74, 6) is 0. The summed E-state index contributed by atoms with van der Waals surface area (Å²) >= 11 is 3.32. The van der Waals surface area contributed by atoms with Crippen molar-refractivity contribution in [1.82, 2.24) is 14.9 Å². The Morgan fingerprint density at radius 3 is 3.14 bits per heavy atom. The number of hydrogen-bond donors (Lipinski definition) is 1. The zero-order chi connectivity index (χ0) is 9.97. The Morgan fingerprint density at radius 1 is 1.71 bits per heavy atom. The quantitative estimate of drug-likeness (QED) is 0.875. The topological polar surface area (TPSA) is 29.9 Å². The molecule has 76 valence electrons. The third-order valence-electron chi connectivity index (χ3n) is 2.31. The fourth-order valence-electron chi connectivity index (χ4n) is 1.48. The normalized spacial score (nSPS) is 15.8. The number of imidazole rings is 1. The average molecular weight is 256 g/mol. The third kappa shape index (κ3) is 2.45. The van der Waals surface area contributed by atoms with Crippen LogP contribution in [0.25, 0.3) is 0 Å². The highest BCUT2D eigenvalue weighted by atomic mass is 79.9. The van der Waals surface area contributed by atoms with E-state index in [4.69, 9.17) is 0 Å². The molecule has 1 saturated carbocycles. The zero-order valence-electron chi connectivity index (χ0n) is 8.04. The summed E-state index contributed by atoms with van der Waals surface area (Å²) in [5, 5.41) is 3.30. The lowest BCUT2D eigenvalue weighted by Crippen LogP contribution is -2.16. The number of nitrogens with one attached hydrogen (secondary N) is 1. The highest BCUT2D eigenvalue weighted by molar-refractivity contribution is 9.11. The van der Waals surface area contributed by atoms with E-state index >= 15 is 0 Å². The van der Waals surface area contributed by atoms with Crippen molar-refractivity contribution in [1.29, 1.82) is 0 Å². The third-order valence-corrected chi connectivity index (χ3v) is 2.59. The maximum absolute atomic E-state index is 4.17. The Bertz CT molecular complexity index is 328. The van der Waals surface area contributed by atoms with E-state index < -0.39 is 0 Å². The molecule has 0 unspecified atom stereocenters. The highest BCUT2D eigenvalue weighted by Crippen LogP contribution is 2.35. The van der Waals surface area contributed by atoms with Gasteiger partial charge >= 0.3 is 0 Å². The van der Waals surface area contributed by atoms with Gasteiger partial charge in [-0.05, 0) is 12.8 Å². The Balaban J connectivity index is 1.88. The van der Waals surface area contributed by atoms with Crippen molar-refractivity contribution in [2.75, 3.05) is 6.54 Å². The van der Waals surface area contributed by atoms with Gasteiger partial charge in [0.05, 0.1) is 12.0 Å². The molecule has 1 aromatic heterocycles. The van der Waals surface area contributed by atoms with Crippen LogP contribution in [0.5, 0.6) is 0 Å². The Hall–Kier alpha value is -0.610. The zero-order valence-corrected chi connectivity index (χ0v) is 9.63. The first-order valence-electron chi connectivity index (χ1n) is 4.82. The Kier molecular flexibility index (Phi) is 3.03. The van der Waals surface area contributed by atoms with Crippen molar-refractivity contribution in [2.45, 2.75) is 25.4 Å². The summed E-state index contributed by atoms with van der Waals surface area (Å²) in [7, 11) is 0. The summed E-state index contributed by atoms with van der Waals surface area (Å²) in [5.41, 5.74) is 1.27. The first-order chi connectivity index (χ1) is 6.77. The van der Waals surface area contributed by atoms with Crippen LogP contribution in [0, 0.1) is 0 Å². The van der Waals surface area contributed by atoms with Gasteiger partial charge in [0.15, 0.2) is 0 Å². The molecule has 0 radical (unpaired) electrons. The van der Waals surface area contributed by atoms with Crippen LogP contribution in [0.3, 0.4) is 0 Å². The predicted octanol–water partition coefficient (Wildman–Crippen LogP) is 2.22. The number of hydrogen-bond acceptors (Lipinski definition) is 2. The van der Waals surface area contributed by atoms with Gasteiger partial charge in [0.1, 0.15) is 0 Å². The molecule has 1 N–H and O–H groups in total. The van der Waals surface area contributed by atoms with Crippen molar-refractivity contribution in [3.8, 4) is 0 Å². The van der Waals surface area contributed by atoms with Crippen LogP contribution in [0.15, 0.2) is 23.6 Å². The van der Waals surface area contributed by atoms with Gasteiger partial charge in [-0.25, -0.2) is 4.98 Å². The number of halogens is 1. The second-order valence-corrected chi connectivity index (χ2v) is 4.77. The number of aromatic nitrogens is 2. The van der Waals surface area contributed by atoms with E-state index in [9.17, 15) is 0 Å². The molecule has 0 bridgehead atoms. The van der Waals surface area contributed by atoms with Gasteiger partial charge in [0, 0.05) is 29.8 Å². The van der Waals surface area contributed by atoms with Gasteiger partial charge in [-0.15, -0.1) is 0 Å². The lowest BCUT2D eigenvalue weighted by molar-refractivity contribution is 0.645. The van der Waals surface area contributed by atoms with Crippen LogP contribution in [-0.4, -0.2) is 16.1 Å². The summed E-state index contributed by atoms with van der Waals surface area (Å²) in [6.45, 7) is 5.44. The maximum atomic E-state index is 4.17. The molecule has 1 aliphatic carbocycles. The molecular formula is C10H14BrN3. The second-order valence-electron chi connectivity index (χ2n) is 3.64. The molecule has 0 aliphatic heterocycles. The van der Waals surface area contributed by atoms with Crippen LogP contribution >= 0.6 is 15.9 Å². The lowest BCUT2D eigenvalue weighted by Gasteiger charge is -2.07. The van der Waals surface area contributed by atoms with Crippen molar-refractivity contribution < 1.29 is 0 Å². The van der Waals surface area contributed by atoms with Gasteiger partial charge in [0.2, 0.25) is 0 Å². The van der Waals surface area contributed by atoms with Gasteiger partial charge in [-0.1, -0.05) is 22.5 Å². The van der Waals surface area contributed by atoms with Gasteiger partial charge < -0.3 is 9.88 Å². The van der Waals surface area contributed by atoms with Gasteiger partial charge in [-0.2, -0.15) is 0 Å². The minimum Gasteiger partial charge on any atom is -0.330 e. The molecule has 4 heteroatoms. The van der Waals surface area contributed by atoms with Crippen molar-refractivity contribution in [2.24, 2.45) is 0 Å². The van der Waals surface area contributed by atoms with Crippen LogP contribution in [0.1, 0.15) is 24.6 Å². The van der Waals surface area contributed by atoms with E-state index in [1.54, 1.807) is 0 Å². The molecular weight excluding hydrogens is 242 g/mol. The molecule has 1 aliphatic rings. The predicted molar refractivity (Wildman–Crippen MR) is 60.3 cm³/mol. The van der Waals surface area contributed by atoms with Gasteiger partial charge in [0.25, 0.3) is 0 Å². The summed E-state index contributed by atoms with van der Waals surface area (Å²) in [4.78, 5) is 4.17. The number of nitrogens with zero attached hydrogens (tertiary/aromatic N) is 2. The Labute approximate surface area is 92.3 Å². The van der Waals surface area contributed by atoms with Crippen LogP contribution < -0.4 is 5.32 Å². The van der Waals surface area contributed by atoms with Crippen LogP contribution in [0.4, 0.5) is 0 Å². The van der Waals surface area contributed by atoms with E-state index in [2.05, 4.69) is 37.4 Å². The molecule has 1 aromatic rings. The molecule has 3 nitrogen and oxygen atoms in total. The molecule has 1 fully saturated rings. The summed E-state index contributed by atoms with van der Waals surface area (Å²) in [6, 6.07) is 0.710. The SMILES string of the molecule is C=C(Br)CNCc1cncn1C1CC1. The number of rotatable bonds is 5. The summed E-state index contributed by atoms with van der Waals surface area (Å²) < 4.78 is 3.25. The summed E-state index contributed by atoms with van der Waals surface area (Å²) in [6.07, 6.45) is 6.46. The smallest absolute Gasteiger partial charge is 0.0951 e. The monoisotopic (exact) mass is 255 g/mol. The highest BCUT2D eigenvalue weighted by Gasteiger charge is 2.24. The first kappa shape index (κ1) is 9.93. The van der Waals surface area contributed by atoms with E-state index in [1.807, 2.05) is 12.5 Å². The molecule has 1 heterocycles. The fraction of sp³-hybridized carbons (Fsp3) is 0.500. The van der Waals surface area contributed by atoms with Crippen molar-refractivity contribution in [3.63, 3.8) is 0 Å².